The fourth-order valence-electron chi connectivity index (χ4n) is 2.94. The van der Waals surface area contributed by atoms with Crippen LogP contribution in [0.5, 0.6) is 0 Å². The van der Waals surface area contributed by atoms with Gasteiger partial charge in [0, 0.05) is 6.54 Å². The van der Waals surface area contributed by atoms with E-state index in [-0.39, 0.29) is 12.6 Å². The lowest BCUT2D eigenvalue weighted by molar-refractivity contribution is -0.152. The number of benzene rings is 1. The molecule has 20 heavy (non-hydrogen) atoms. The molecule has 0 aromatic heterocycles. The second-order valence-electron chi connectivity index (χ2n) is 5.23. The predicted molar refractivity (Wildman–Crippen MR) is 77.5 cm³/mol. The summed E-state index contributed by atoms with van der Waals surface area (Å²) in [4.78, 5) is 14.7. The van der Waals surface area contributed by atoms with Gasteiger partial charge in [-0.3, -0.25) is 4.79 Å². The highest BCUT2D eigenvalue weighted by Gasteiger charge is 2.43. The van der Waals surface area contributed by atoms with Gasteiger partial charge in [0.2, 0.25) is 0 Å². The first kappa shape index (κ1) is 15.0. The summed E-state index contributed by atoms with van der Waals surface area (Å²) in [6.07, 6.45) is 1.49. The monoisotopic (exact) mass is 277 g/mol. The Labute approximate surface area is 120 Å². The molecule has 1 aromatic carbocycles. The Morgan fingerprint density at radius 2 is 1.95 bits per heavy atom. The zero-order chi connectivity index (χ0) is 14.4. The highest BCUT2D eigenvalue weighted by Crippen LogP contribution is 2.36. The van der Waals surface area contributed by atoms with Crippen molar-refractivity contribution in [2.24, 2.45) is 0 Å². The van der Waals surface area contributed by atoms with Crippen LogP contribution < -0.4 is 0 Å². The Bertz CT molecular complexity index is 425. The first-order valence-electron chi connectivity index (χ1n) is 7.29. The Hall–Kier alpha value is -1.39. The van der Waals surface area contributed by atoms with E-state index in [0.29, 0.717) is 13.2 Å². The summed E-state index contributed by atoms with van der Waals surface area (Å²) in [6.45, 7) is 4.72. The molecule has 4 nitrogen and oxygen atoms in total. The Morgan fingerprint density at radius 1 is 1.30 bits per heavy atom. The molecule has 0 atom stereocenters. The molecule has 1 heterocycles. The molecular weight excluding hydrogens is 254 g/mol. The average Bonchev–Trinajstić information content (AvgIpc) is 2.49. The maximum absolute atomic E-state index is 12.5. The van der Waals surface area contributed by atoms with Gasteiger partial charge >= 0.3 is 5.97 Å². The molecule has 0 aliphatic carbocycles. The normalized spacial score (nSPS) is 18.7. The van der Waals surface area contributed by atoms with E-state index < -0.39 is 5.41 Å². The lowest BCUT2D eigenvalue weighted by Crippen LogP contribution is -2.48. The SMILES string of the molecule is CCOC(=O)C1(c2ccccc2)CCN(CCO)CC1. The van der Waals surface area contributed by atoms with Crippen LogP contribution in [0.4, 0.5) is 0 Å². The predicted octanol–water partition coefficient (Wildman–Crippen LogP) is 1.58. The second kappa shape index (κ2) is 6.86. The standard InChI is InChI=1S/C16H23NO3/c1-2-20-15(19)16(14-6-4-3-5-7-14)8-10-17(11-9-16)12-13-18/h3-7,18H,2,8-13H2,1H3. The molecular formula is C16H23NO3. The molecule has 0 bridgehead atoms. The minimum absolute atomic E-state index is 0.116. The number of carbonyl (C=O) groups is 1. The van der Waals surface area contributed by atoms with Crippen LogP contribution in [0.1, 0.15) is 25.3 Å². The molecule has 0 spiro atoms. The topological polar surface area (TPSA) is 49.8 Å². The Balaban J connectivity index is 2.21. The van der Waals surface area contributed by atoms with Gasteiger partial charge in [-0.15, -0.1) is 0 Å². The number of aliphatic hydroxyl groups is 1. The van der Waals surface area contributed by atoms with E-state index in [1.165, 1.54) is 0 Å². The van der Waals surface area contributed by atoms with Crippen LogP contribution in [-0.2, 0) is 14.9 Å². The van der Waals surface area contributed by atoms with Crippen LogP contribution in [0.15, 0.2) is 30.3 Å². The second-order valence-corrected chi connectivity index (χ2v) is 5.23. The quantitative estimate of drug-likeness (QED) is 0.830. The first-order chi connectivity index (χ1) is 9.73. The highest BCUT2D eigenvalue weighted by molar-refractivity contribution is 5.83. The minimum atomic E-state index is -0.525. The fourth-order valence-corrected chi connectivity index (χ4v) is 2.94. The van der Waals surface area contributed by atoms with Crippen molar-refractivity contribution in [3.05, 3.63) is 35.9 Å². The minimum Gasteiger partial charge on any atom is -0.465 e. The first-order valence-corrected chi connectivity index (χ1v) is 7.29. The van der Waals surface area contributed by atoms with Crippen LogP contribution in [0.3, 0.4) is 0 Å². The maximum Gasteiger partial charge on any atom is 0.316 e. The van der Waals surface area contributed by atoms with E-state index in [4.69, 9.17) is 9.84 Å². The fraction of sp³-hybridized carbons (Fsp3) is 0.562. The van der Waals surface area contributed by atoms with Crippen LogP contribution >= 0.6 is 0 Å². The maximum atomic E-state index is 12.5. The summed E-state index contributed by atoms with van der Waals surface area (Å²) in [7, 11) is 0. The lowest BCUT2D eigenvalue weighted by Gasteiger charge is -2.40. The number of rotatable bonds is 5. The molecule has 0 amide bonds. The van der Waals surface area contributed by atoms with E-state index >= 15 is 0 Å². The molecule has 0 saturated carbocycles. The molecule has 1 aromatic rings. The van der Waals surface area contributed by atoms with E-state index in [2.05, 4.69) is 4.90 Å². The van der Waals surface area contributed by atoms with E-state index in [0.717, 1.165) is 31.5 Å². The van der Waals surface area contributed by atoms with Gasteiger partial charge in [0.05, 0.1) is 18.6 Å². The van der Waals surface area contributed by atoms with Crippen LogP contribution in [-0.4, -0.2) is 48.8 Å². The molecule has 2 rings (SSSR count). The van der Waals surface area contributed by atoms with Crippen LogP contribution in [0, 0.1) is 0 Å². The lowest BCUT2D eigenvalue weighted by atomic mass is 9.72. The number of carbonyl (C=O) groups excluding carboxylic acids is 1. The van der Waals surface area contributed by atoms with Crippen molar-refractivity contribution in [3.8, 4) is 0 Å². The molecule has 1 aliphatic heterocycles. The van der Waals surface area contributed by atoms with Crippen molar-refractivity contribution in [1.82, 2.24) is 4.90 Å². The van der Waals surface area contributed by atoms with Crippen molar-refractivity contribution in [2.75, 3.05) is 32.8 Å². The van der Waals surface area contributed by atoms with Gasteiger partial charge in [0.15, 0.2) is 0 Å². The number of ether oxygens (including phenoxy) is 1. The number of likely N-dealkylation sites (tertiary alicyclic amines) is 1. The van der Waals surface area contributed by atoms with Crippen molar-refractivity contribution in [1.29, 1.82) is 0 Å². The third kappa shape index (κ3) is 3.02. The Kier molecular flexibility index (Phi) is 5.15. The zero-order valence-electron chi connectivity index (χ0n) is 12.0. The van der Waals surface area contributed by atoms with Gasteiger partial charge in [-0.1, -0.05) is 30.3 Å². The molecule has 1 N–H and O–H groups in total. The van der Waals surface area contributed by atoms with Crippen molar-refractivity contribution in [3.63, 3.8) is 0 Å². The molecule has 1 saturated heterocycles. The van der Waals surface area contributed by atoms with Gasteiger partial charge < -0.3 is 14.7 Å². The smallest absolute Gasteiger partial charge is 0.316 e. The molecule has 0 radical (unpaired) electrons. The number of piperidine rings is 1. The van der Waals surface area contributed by atoms with Gasteiger partial charge in [-0.05, 0) is 38.4 Å². The van der Waals surface area contributed by atoms with Crippen LogP contribution in [0.2, 0.25) is 0 Å². The summed E-state index contributed by atoms with van der Waals surface area (Å²) in [5, 5.41) is 9.03. The summed E-state index contributed by atoms with van der Waals surface area (Å²) in [5.41, 5.74) is 0.519. The molecule has 110 valence electrons. The van der Waals surface area contributed by atoms with Gasteiger partial charge in [0.25, 0.3) is 0 Å². The Morgan fingerprint density at radius 3 is 2.50 bits per heavy atom. The van der Waals surface area contributed by atoms with Crippen molar-refractivity contribution >= 4 is 5.97 Å². The van der Waals surface area contributed by atoms with Gasteiger partial charge in [-0.25, -0.2) is 0 Å². The summed E-state index contributed by atoms with van der Waals surface area (Å²) < 4.78 is 5.33. The molecule has 1 aliphatic rings. The van der Waals surface area contributed by atoms with Gasteiger partial charge in [-0.2, -0.15) is 0 Å². The highest BCUT2D eigenvalue weighted by atomic mass is 16.5. The summed E-state index contributed by atoms with van der Waals surface area (Å²) in [6, 6.07) is 9.92. The van der Waals surface area contributed by atoms with E-state index in [9.17, 15) is 4.79 Å². The van der Waals surface area contributed by atoms with E-state index in [1.54, 1.807) is 0 Å². The number of esters is 1. The zero-order valence-corrected chi connectivity index (χ0v) is 12.0. The van der Waals surface area contributed by atoms with E-state index in [1.807, 2.05) is 37.3 Å². The third-order valence-corrected chi connectivity index (χ3v) is 4.12. The molecule has 1 fully saturated rings. The van der Waals surface area contributed by atoms with Gasteiger partial charge in [0.1, 0.15) is 0 Å². The van der Waals surface area contributed by atoms with Crippen LogP contribution in [0.25, 0.3) is 0 Å². The summed E-state index contributed by atoms with van der Waals surface area (Å²) >= 11 is 0. The van der Waals surface area contributed by atoms with Crippen molar-refractivity contribution in [2.45, 2.75) is 25.2 Å². The largest absolute Gasteiger partial charge is 0.465 e. The molecule has 0 unspecified atom stereocenters. The molecule has 4 heteroatoms. The number of hydrogen-bond acceptors (Lipinski definition) is 4. The number of nitrogens with zero attached hydrogens (tertiary/aromatic N) is 1. The average molecular weight is 277 g/mol. The number of aliphatic hydroxyl groups excluding tert-OH is 1. The van der Waals surface area contributed by atoms with Crippen molar-refractivity contribution < 1.29 is 14.6 Å². The summed E-state index contributed by atoms with van der Waals surface area (Å²) in [5.74, 6) is -0.116. The third-order valence-electron chi connectivity index (χ3n) is 4.12. The number of hydrogen-bond donors (Lipinski definition) is 1. The number of β-amino-alcohol motifs (C(OH)–C–C–N with tert-alkyl or cyclic N) is 1.